The van der Waals surface area contributed by atoms with E-state index >= 15 is 0 Å². The van der Waals surface area contributed by atoms with E-state index in [9.17, 15) is 10.1 Å². The van der Waals surface area contributed by atoms with Gasteiger partial charge in [-0.2, -0.15) is 0 Å². The van der Waals surface area contributed by atoms with Gasteiger partial charge in [-0.3, -0.25) is 10.1 Å². The van der Waals surface area contributed by atoms with E-state index in [-0.39, 0.29) is 16.0 Å². The first-order valence-corrected chi connectivity index (χ1v) is 7.22. The van der Waals surface area contributed by atoms with E-state index in [2.05, 4.69) is 41.5 Å². The third kappa shape index (κ3) is 5.32. The fraction of sp³-hybridized carbons (Fsp3) is 0.647. The van der Waals surface area contributed by atoms with Gasteiger partial charge in [-0.15, -0.1) is 0 Å². The second-order valence-corrected chi connectivity index (χ2v) is 7.96. The SMILES string of the molecule is CC(C)(C)CC(Cc1ccc([N+](=O)[O-])cc1)C(C)(C)C. The molecule has 0 amide bonds. The van der Waals surface area contributed by atoms with Crippen molar-refractivity contribution in [2.24, 2.45) is 16.7 Å². The zero-order chi connectivity index (χ0) is 15.6. The second kappa shape index (κ2) is 5.94. The fourth-order valence-corrected chi connectivity index (χ4v) is 2.46. The molecule has 0 N–H and O–H groups in total. The van der Waals surface area contributed by atoms with E-state index in [1.807, 2.05) is 12.1 Å². The van der Waals surface area contributed by atoms with E-state index in [0.29, 0.717) is 11.3 Å². The van der Waals surface area contributed by atoms with Crippen LogP contribution in [0.1, 0.15) is 53.5 Å². The first-order chi connectivity index (χ1) is 8.99. The maximum atomic E-state index is 10.7. The summed E-state index contributed by atoms with van der Waals surface area (Å²) in [6, 6.07) is 6.98. The molecule has 0 saturated carbocycles. The molecule has 0 saturated heterocycles. The summed E-state index contributed by atoms with van der Waals surface area (Å²) in [5.41, 5.74) is 1.87. The van der Waals surface area contributed by atoms with Crippen LogP contribution < -0.4 is 0 Å². The molecule has 3 heteroatoms. The molecule has 3 nitrogen and oxygen atoms in total. The highest BCUT2D eigenvalue weighted by Crippen LogP contribution is 2.38. The van der Waals surface area contributed by atoms with Crippen LogP contribution in [0.15, 0.2) is 24.3 Å². The van der Waals surface area contributed by atoms with Crippen molar-refractivity contribution in [1.29, 1.82) is 0 Å². The van der Waals surface area contributed by atoms with Gasteiger partial charge in [-0.1, -0.05) is 53.7 Å². The fourth-order valence-electron chi connectivity index (χ4n) is 2.46. The lowest BCUT2D eigenvalue weighted by Crippen LogP contribution is -2.27. The Kier molecular flexibility index (Phi) is 4.95. The Hall–Kier alpha value is -1.38. The molecule has 1 unspecified atom stereocenters. The monoisotopic (exact) mass is 277 g/mol. The number of hydrogen-bond donors (Lipinski definition) is 0. The Labute approximate surface area is 122 Å². The Morgan fingerprint density at radius 1 is 1.05 bits per heavy atom. The van der Waals surface area contributed by atoms with Crippen LogP contribution in [0, 0.1) is 26.9 Å². The van der Waals surface area contributed by atoms with Gasteiger partial charge in [0, 0.05) is 12.1 Å². The molecule has 1 aromatic carbocycles. The summed E-state index contributed by atoms with van der Waals surface area (Å²) in [6.07, 6.45) is 2.12. The van der Waals surface area contributed by atoms with E-state index in [1.54, 1.807) is 12.1 Å². The van der Waals surface area contributed by atoms with E-state index in [4.69, 9.17) is 0 Å². The van der Waals surface area contributed by atoms with Crippen LogP contribution in [0.5, 0.6) is 0 Å². The molecular formula is C17H27NO2. The van der Waals surface area contributed by atoms with Gasteiger partial charge in [0.05, 0.1) is 4.92 Å². The van der Waals surface area contributed by atoms with Gasteiger partial charge in [0.25, 0.3) is 5.69 Å². The molecule has 1 atom stereocenters. The topological polar surface area (TPSA) is 43.1 Å². The lowest BCUT2D eigenvalue weighted by molar-refractivity contribution is -0.384. The number of nitro benzene ring substituents is 1. The maximum Gasteiger partial charge on any atom is 0.269 e. The molecule has 0 bridgehead atoms. The van der Waals surface area contributed by atoms with E-state index in [1.165, 1.54) is 5.56 Å². The molecule has 112 valence electrons. The lowest BCUT2D eigenvalue weighted by atomic mass is 9.70. The van der Waals surface area contributed by atoms with Gasteiger partial charge in [0.2, 0.25) is 0 Å². The average Bonchev–Trinajstić information content (AvgIpc) is 2.25. The van der Waals surface area contributed by atoms with Crippen LogP contribution in [-0.4, -0.2) is 4.92 Å². The summed E-state index contributed by atoms with van der Waals surface area (Å²) >= 11 is 0. The zero-order valence-corrected chi connectivity index (χ0v) is 13.6. The second-order valence-electron chi connectivity index (χ2n) is 7.96. The van der Waals surface area contributed by atoms with Crippen molar-refractivity contribution >= 4 is 5.69 Å². The molecule has 0 aliphatic rings. The highest BCUT2D eigenvalue weighted by molar-refractivity contribution is 5.33. The highest BCUT2D eigenvalue weighted by Gasteiger charge is 2.29. The number of nitro groups is 1. The summed E-state index contributed by atoms with van der Waals surface area (Å²) in [5, 5.41) is 10.7. The minimum atomic E-state index is -0.347. The van der Waals surface area contributed by atoms with E-state index < -0.39 is 0 Å². The smallest absolute Gasteiger partial charge is 0.258 e. The Balaban J connectivity index is 2.87. The third-order valence-electron chi connectivity index (χ3n) is 3.71. The van der Waals surface area contributed by atoms with Crippen molar-refractivity contribution in [2.75, 3.05) is 0 Å². The van der Waals surface area contributed by atoms with Crippen LogP contribution in [-0.2, 0) is 6.42 Å². The van der Waals surface area contributed by atoms with Crippen LogP contribution in [0.4, 0.5) is 5.69 Å². The minimum absolute atomic E-state index is 0.164. The summed E-state index contributed by atoms with van der Waals surface area (Å²) in [6.45, 7) is 13.6. The predicted molar refractivity (Wildman–Crippen MR) is 83.8 cm³/mol. The normalized spacial score (nSPS) is 14.1. The number of nitrogens with zero attached hydrogens (tertiary/aromatic N) is 1. The molecule has 0 aliphatic heterocycles. The molecule has 0 fully saturated rings. The molecule has 0 aliphatic carbocycles. The van der Waals surface area contributed by atoms with E-state index in [0.717, 1.165) is 12.8 Å². The summed E-state index contributed by atoms with van der Waals surface area (Å²) in [5.74, 6) is 0.559. The summed E-state index contributed by atoms with van der Waals surface area (Å²) in [4.78, 5) is 10.3. The van der Waals surface area contributed by atoms with Gasteiger partial charge in [0.1, 0.15) is 0 Å². The largest absolute Gasteiger partial charge is 0.269 e. The number of rotatable bonds is 4. The average molecular weight is 277 g/mol. The Morgan fingerprint density at radius 3 is 1.90 bits per heavy atom. The number of non-ortho nitro benzene ring substituents is 1. The highest BCUT2D eigenvalue weighted by atomic mass is 16.6. The Morgan fingerprint density at radius 2 is 1.55 bits per heavy atom. The van der Waals surface area contributed by atoms with Gasteiger partial charge in [-0.05, 0) is 35.2 Å². The molecule has 1 rings (SSSR count). The minimum Gasteiger partial charge on any atom is -0.258 e. The predicted octanol–water partition coefficient (Wildman–Crippen LogP) is 5.24. The standard InChI is InChI=1S/C17H27NO2/c1-16(2,3)12-14(17(4,5)6)11-13-7-9-15(10-8-13)18(19)20/h7-10,14H,11-12H2,1-6H3. The first kappa shape index (κ1) is 16.7. The molecule has 20 heavy (non-hydrogen) atoms. The quantitative estimate of drug-likeness (QED) is 0.558. The summed E-state index contributed by atoms with van der Waals surface area (Å²) in [7, 11) is 0. The van der Waals surface area contributed by atoms with Crippen LogP contribution in [0.25, 0.3) is 0 Å². The van der Waals surface area contributed by atoms with Crippen molar-refractivity contribution < 1.29 is 4.92 Å². The molecule has 0 aromatic heterocycles. The van der Waals surface area contributed by atoms with Gasteiger partial charge < -0.3 is 0 Å². The van der Waals surface area contributed by atoms with Crippen molar-refractivity contribution in [3.05, 3.63) is 39.9 Å². The summed E-state index contributed by atoms with van der Waals surface area (Å²) < 4.78 is 0. The van der Waals surface area contributed by atoms with Gasteiger partial charge >= 0.3 is 0 Å². The van der Waals surface area contributed by atoms with Crippen LogP contribution >= 0.6 is 0 Å². The molecule has 0 spiro atoms. The van der Waals surface area contributed by atoms with Crippen molar-refractivity contribution in [2.45, 2.75) is 54.4 Å². The van der Waals surface area contributed by atoms with Crippen molar-refractivity contribution in [3.8, 4) is 0 Å². The number of hydrogen-bond acceptors (Lipinski definition) is 2. The maximum absolute atomic E-state index is 10.7. The van der Waals surface area contributed by atoms with Crippen molar-refractivity contribution in [3.63, 3.8) is 0 Å². The van der Waals surface area contributed by atoms with Crippen LogP contribution in [0.3, 0.4) is 0 Å². The molecule has 0 heterocycles. The number of benzene rings is 1. The zero-order valence-electron chi connectivity index (χ0n) is 13.6. The molecule has 1 aromatic rings. The molecular weight excluding hydrogens is 250 g/mol. The lowest BCUT2D eigenvalue weighted by Gasteiger charge is -2.36. The third-order valence-corrected chi connectivity index (χ3v) is 3.71. The van der Waals surface area contributed by atoms with Crippen LogP contribution in [0.2, 0.25) is 0 Å². The molecule has 0 radical (unpaired) electrons. The first-order valence-electron chi connectivity index (χ1n) is 7.22. The van der Waals surface area contributed by atoms with Crippen molar-refractivity contribution in [1.82, 2.24) is 0 Å². The van der Waals surface area contributed by atoms with Gasteiger partial charge in [0.15, 0.2) is 0 Å². The Bertz CT molecular complexity index is 449. The van der Waals surface area contributed by atoms with Gasteiger partial charge in [-0.25, -0.2) is 0 Å².